The molecule has 0 spiro atoms. The quantitative estimate of drug-likeness (QED) is 0.512. The molecule has 156 valence electrons. The molecule has 8 heteroatoms. The molecule has 0 fully saturated rings. The van der Waals surface area contributed by atoms with E-state index in [-0.39, 0.29) is 11.2 Å². The Hall–Kier alpha value is -2.03. The molecule has 0 saturated heterocycles. The van der Waals surface area contributed by atoms with E-state index in [2.05, 4.69) is 33.9 Å². The van der Waals surface area contributed by atoms with Gasteiger partial charge in [0, 0.05) is 24.7 Å². The highest BCUT2D eigenvalue weighted by Crippen LogP contribution is 2.24. The smallest absolute Gasteiger partial charge is 0.228 e. The summed E-state index contributed by atoms with van der Waals surface area (Å²) in [7, 11) is -1.44. The summed E-state index contributed by atoms with van der Waals surface area (Å²) >= 11 is 1.62. The first-order chi connectivity index (χ1) is 13.8. The second-order valence-corrected chi connectivity index (χ2v) is 10.8. The molecule has 29 heavy (non-hydrogen) atoms. The van der Waals surface area contributed by atoms with Crippen molar-refractivity contribution >= 4 is 21.2 Å². The summed E-state index contributed by atoms with van der Waals surface area (Å²) in [6.07, 6.45) is 4.25. The summed E-state index contributed by atoms with van der Waals surface area (Å²) in [5.41, 5.74) is 2.07. The van der Waals surface area contributed by atoms with E-state index < -0.39 is 15.1 Å². The lowest BCUT2D eigenvalue weighted by Crippen LogP contribution is -2.25. The molecule has 0 aliphatic heterocycles. The third-order valence-corrected chi connectivity index (χ3v) is 8.15. The molecule has 0 unspecified atom stereocenters. The zero-order valence-corrected chi connectivity index (χ0v) is 18.9. The summed E-state index contributed by atoms with van der Waals surface area (Å²) in [5.74, 6) is 0. The minimum atomic E-state index is -3.47. The Balaban J connectivity index is 1.88. The van der Waals surface area contributed by atoms with Crippen molar-refractivity contribution in [2.24, 2.45) is 0 Å². The van der Waals surface area contributed by atoms with Gasteiger partial charge in [-0.1, -0.05) is 30.3 Å². The number of hydrogen-bond donors (Lipinski definition) is 0. The molecule has 0 aliphatic carbocycles. The largest absolute Gasteiger partial charge is 0.317 e. The van der Waals surface area contributed by atoms with Gasteiger partial charge in [-0.15, -0.1) is 11.3 Å². The highest BCUT2D eigenvalue weighted by molar-refractivity contribution is 7.91. The van der Waals surface area contributed by atoms with E-state index in [9.17, 15) is 8.42 Å². The number of aromatic nitrogens is 3. The molecular formula is C21H28N4O2S2. The molecule has 0 amide bonds. The summed E-state index contributed by atoms with van der Waals surface area (Å²) in [6.45, 7) is 6.66. The SMILES string of the molecule is CC(C)S(=O)(=O)c1ncc(CN(C)[C@H](C)c2nccs2)n1CCc1ccccc1. The first-order valence-electron chi connectivity index (χ1n) is 9.72. The molecular weight excluding hydrogens is 404 g/mol. The van der Waals surface area contributed by atoms with Crippen molar-refractivity contribution in [2.75, 3.05) is 7.05 Å². The van der Waals surface area contributed by atoms with Crippen LogP contribution in [-0.2, 0) is 29.3 Å². The Labute approximate surface area is 177 Å². The van der Waals surface area contributed by atoms with Crippen molar-refractivity contribution in [2.45, 2.75) is 56.7 Å². The molecule has 0 saturated carbocycles. The summed E-state index contributed by atoms with van der Waals surface area (Å²) in [4.78, 5) is 10.9. The summed E-state index contributed by atoms with van der Waals surface area (Å²) in [6, 6.07) is 10.2. The number of rotatable bonds is 9. The minimum absolute atomic E-state index is 0.137. The van der Waals surface area contributed by atoms with E-state index >= 15 is 0 Å². The number of imidazole rings is 1. The summed E-state index contributed by atoms with van der Waals surface area (Å²) < 4.78 is 27.6. The van der Waals surface area contributed by atoms with Gasteiger partial charge >= 0.3 is 0 Å². The fraction of sp³-hybridized carbons (Fsp3) is 0.429. The van der Waals surface area contributed by atoms with Gasteiger partial charge in [-0.05, 0) is 39.8 Å². The van der Waals surface area contributed by atoms with E-state index in [0.29, 0.717) is 13.1 Å². The Morgan fingerprint density at radius 3 is 2.48 bits per heavy atom. The van der Waals surface area contributed by atoms with Crippen molar-refractivity contribution in [1.29, 1.82) is 0 Å². The minimum Gasteiger partial charge on any atom is -0.317 e. The Morgan fingerprint density at radius 2 is 1.86 bits per heavy atom. The van der Waals surface area contributed by atoms with Gasteiger partial charge in [-0.3, -0.25) is 4.90 Å². The Bertz CT molecular complexity index is 1010. The number of hydrogen-bond acceptors (Lipinski definition) is 6. The van der Waals surface area contributed by atoms with Gasteiger partial charge in [0.15, 0.2) is 0 Å². The lowest BCUT2D eigenvalue weighted by molar-refractivity contribution is 0.245. The normalized spacial score (nSPS) is 13.3. The topological polar surface area (TPSA) is 68.1 Å². The van der Waals surface area contributed by atoms with Crippen molar-refractivity contribution in [1.82, 2.24) is 19.4 Å². The van der Waals surface area contributed by atoms with E-state index in [1.165, 1.54) is 5.56 Å². The van der Waals surface area contributed by atoms with Crippen molar-refractivity contribution in [3.05, 3.63) is 64.4 Å². The van der Waals surface area contributed by atoms with Gasteiger partial charge in [0.25, 0.3) is 0 Å². The fourth-order valence-corrected chi connectivity index (χ4v) is 5.00. The molecule has 0 aliphatic rings. The molecule has 0 radical (unpaired) electrons. The average molecular weight is 433 g/mol. The second-order valence-electron chi connectivity index (χ2n) is 7.47. The number of benzene rings is 1. The van der Waals surface area contributed by atoms with Crippen LogP contribution in [0.1, 0.15) is 43.1 Å². The molecule has 0 bridgehead atoms. The van der Waals surface area contributed by atoms with E-state index in [0.717, 1.165) is 17.1 Å². The first-order valence-corrected chi connectivity index (χ1v) is 12.1. The number of thiazole rings is 1. The maximum Gasteiger partial charge on any atom is 0.228 e. The molecule has 1 aromatic carbocycles. The average Bonchev–Trinajstić information content (AvgIpc) is 3.37. The lowest BCUT2D eigenvalue weighted by Gasteiger charge is -2.24. The van der Waals surface area contributed by atoms with Crippen LogP contribution in [0.5, 0.6) is 0 Å². The van der Waals surface area contributed by atoms with Gasteiger partial charge in [-0.25, -0.2) is 18.4 Å². The van der Waals surface area contributed by atoms with Crippen LogP contribution in [0, 0.1) is 0 Å². The van der Waals surface area contributed by atoms with E-state index in [4.69, 9.17) is 0 Å². The van der Waals surface area contributed by atoms with Crippen LogP contribution in [-0.4, -0.2) is 40.2 Å². The molecule has 6 nitrogen and oxygen atoms in total. The van der Waals surface area contributed by atoms with Crippen LogP contribution in [0.15, 0.2) is 53.3 Å². The van der Waals surface area contributed by atoms with Gasteiger partial charge < -0.3 is 4.57 Å². The zero-order valence-electron chi connectivity index (χ0n) is 17.3. The number of sulfone groups is 1. The molecule has 3 rings (SSSR count). The zero-order chi connectivity index (χ0) is 21.0. The van der Waals surface area contributed by atoms with Crippen molar-refractivity contribution in [3.8, 4) is 0 Å². The first kappa shape index (κ1) is 21.7. The van der Waals surface area contributed by atoms with Crippen LogP contribution < -0.4 is 0 Å². The maximum absolute atomic E-state index is 12.9. The standard InChI is InChI=1S/C21H28N4O2S2/c1-16(2)29(26,27)21-23-14-19(15-24(4)17(3)20-22-11-13-28-20)25(21)12-10-18-8-6-5-7-9-18/h5-9,11,13-14,16-17H,10,12,15H2,1-4H3/t17-/m1/s1. The van der Waals surface area contributed by atoms with Crippen molar-refractivity contribution < 1.29 is 8.42 Å². The number of nitrogens with zero attached hydrogens (tertiary/aromatic N) is 4. The monoisotopic (exact) mass is 432 g/mol. The van der Waals surface area contributed by atoms with E-state index in [1.54, 1.807) is 31.4 Å². The second kappa shape index (κ2) is 9.19. The predicted octanol–water partition coefficient (Wildman–Crippen LogP) is 3.96. The lowest BCUT2D eigenvalue weighted by atomic mass is 10.1. The Kier molecular flexibility index (Phi) is 6.87. The van der Waals surface area contributed by atoms with Gasteiger partial charge in [0.1, 0.15) is 5.01 Å². The van der Waals surface area contributed by atoms with Crippen LogP contribution in [0.3, 0.4) is 0 Å². The van der Waals surface area contributed by atoms with Crippen LogP contribution >= 0.6 is 11.3 Å². The molecule has 0 N–H and O–H groups in total. The van der Waals surface area contributed by atoms with E-state index in [1.807, 2.05) is 41.4 Å². The third kappa shape index (κ3) is 4.94. The van der Waals surface area contributed by atoms with Crippen molar-refractivity contribution in [3.63, 3.8) is 0 Å². The molecule has 2 aromatic heterocycles. The maximum atomic E-state index is 12.9. The highest BCUT2D eigenvalue weighted by atomic mass is 32.2. The van der Waals surface area contributed by atoms with Gasteiger partial charge in [0.2, 0.25) is 15.0 Å². The summed E-state index contributed by atoms with van der Waals surface area (Å²) in [5, 5.41) is 2.66. The van der Waals surface area contributed by atoms with Crippen LogP contribution in [0.25, 0.3) is 0 Å². The predicted molar refractivity (Wildman–Crippen MR) is 117 cm³/mol. The molecule has 3 aromatic rings. The number of aryl methyl sites for hydroxylation is 1. The van der Waals surface area contributed by atoms with Gasteiger partial charge in [-0.2, -0.15) is 0 Å². The third-order valence-electron chi connectivity index (χ3n) is 5.12. The van der Waals surface area contributed by atoms with Crippen LogP contribution in [0.4, 0.5) is 0 Å². The Morgan fingerprint density at radius 1 is 1.14 bits per heavy atom. The molecule has 2 heterocycles. The van der Waals surface area contributed by atoms with Crippen LogP contribution in [0.2, 0.25) is 0 Å². The molecule has 1 atom stereocenters. The highest BCUT2D eigenvalue weighted by Gasteiger charge is 2.27. The fourth-order valence-electron chi connectivity index (χ4n) is 3.10. The van der Waals surface area contributed by atoms with Gasteiger partial charge in [0.05, 0.1) is 23.2 Å².